The van der Waals surface area contributed by atoms with Gasteiger partial charge in [-0.05, 0) is 53.9 Å². The quantitative estimate of drug-likeness (QED) is 0.367. The number of ether oxygens (including phenoxy) is 1. The molecular weight excluding hydrogens is 416 g/mol. The molecule has 0 aliphatic rings. The number of rotatable bonds is 10. The second kappa shape index (κ2) is 12.3. The second-order valence-corrected chi connectivity index (χ2v) is 7.84. The van der Waals surface area contributed by atoms with Crippen LogP contribution in [-0.4, -0.2) is 51.1 Å². The van der Waals surface area contributed by atoms with Crippen molar-refractivity contribution in [2.45, 2.75) is 19.4 Å². The van der Waals surface area contributed by atoms with Gasteiger partial charge in [0.2, 0.25) is 0 Å². The molecule has 2 aromatic carbocycles. The van der Waals surface area contributed by atoms with Crippen LogP contribution in [0.4, 0.5) is 0 Å². The number of carbonyl (C=O) groups excluding carboxylic acids is 1. The highest BCUT2D eigenvalue weighted by molar-refractivity contribution is 5.93. The van der Waals surface area contributed by atoms with Crippen LogP contribution in [0, 0.1) is 0 Å². The van der Waals surface area contributed by atoms with Gasteiger partial charge in [0, 0.05) is 39.2 Å². The summed E-state index contributed by atoms with van der Waals surface area (Å²) < 4.78 is 10.6. The van der Waals surface area contributed by atoms with Crippen LogP contribution in [-0.2, 0) is 19.4 Å². The number of hydrogen-bond donors (Lipinski definition) is 2. The van der Waals surface area contributed by atoms with Gasteiger partial charge in [-0.25, -0.2) is 4.99 Å². The summed E-state index contributed by atoms with van der Waals surface area (Å²) in [6.07, 6.45) is 3.32. The Bertz CT molecular complexity index is 1010. The van der Waals surface area contributed by atoms with Gasteiger partial charge in [-0.1, -0.05) is 24.3 Å². The molecule has 33 heavy (non-hydrogen) atoms. The molecule has 2 N–H and O–H groups in total. The van der Waals surface area contributed by atoms with E-state index in [1.165, 1.54) is 5.56 Å². The van der Waals surface area contributed by atoms with E-state index in [9.17, 15) is 4.79 Å². The highest BCUT2D eigenvalue weighted by Gasteiger charge is 2.07. The number of carbonyl (C=O) groups is 1. The number of hydrogen-bond acceptors (Lipinski definition) is 4. The Morgan fingerprint density at radius 3 is 2.21 bits per heavy atom. The average molecular weight is 449 g/mol. The van der Waals surface area contributed by atoms with Crippen molar-refractivity contribution in [3.63, 3.8) is 0 Å². The van der Waals surface area contributed by atoms with Crippen LogP contribution in [0.3, 0.4) is 0 Å². The summed E-state index contributed by atoms with van der Waals surface area (Å²) in [5, 5.41) is 6.78. The molecule has 0 aliphatic heterocycles. The molecule has 0 saturated carbocycles. The van der Waals surface area contributed by atoms with Crippen LogP contribution >= 0.6 is 0 Å². The molecule has 7 heteroatoms. The molecule has 1 heterocycles. The van der Waals surface area contributed by atoms with Gasteiger partial charge in [0.25, 0.3) is 5.91 Å². The standard InChI is InChI=1S/C26H32N4O3/c1-30(2)25(31)22-10-6-21(7-11-22)19-29-26(28-17-15-24-5-4-18-33-24)27-16-14-20-8-12-23(32-3)13-9-20/h4-13,18H,14-17,19H2,1-3H3,(H2,27,28,29). The van der Waals surface area contributed by atoms with Crippen LogP contribution < -0.4 is 15.4 Å². The molecule has 1 amide bonds. The summed E-state index contributed by atoms with van der Waals surface area (Å²) in [5.41, 5.74) is 2.93. The summed E-state index contributed by atoms with van der Waals surface area (Å²) in [7, 11) is 5.17. The van der Waals surface area contributed by atoms with Crippen molar-refractivity contribution in [3.8, 4) is 5.75 Å². The molecule has 7 nitrogen and oxygen atoms in total. The number of methoxy groups -OCH3 is 1. The van der Waals surface area contributed by atoms with Gasteiger partial charge >= 0.3 is 0 Å². The monoisotopic (exact) mass is 448 g/mol. The molecule has 1 aromatic heterocycles. The highest BCUT2D eigenvalue weighted by Crippen LogP contribution is 2.11. The molecule has 0 fully saturated rings. The third-order valence-electron chi connectivity index (χ3n) is 5.14. The largest absolute Gasteiger partial charge is 0.497 e. The lowest BCUT2D eigenvalue weighted by Crippen LogP contribution is -2.39. The fraction of sp³-hybridized carbons (Fsp3) is 0.308. The van der Waals surface area contributed by atoms with Gasteiger partial charge in [0.1, 0.15) is 11.5 Å². The first kappa shape index (κ1) is 23.9. The highest BCUT2D eigenvalue weighted by atomic mass is 16.5. The fourth-order valence-corrected chi connectivity index (χ4v) is 3.23. The van der Waals surface area contributed by atoms with Gasteiger partial charge < -0.3 is 24.7 Å². The summed E-state index contributed by atoms with van der Waals surface area (Å²) in [5.74, 6) is 2.52. The van der Waals surface area contributed by atoms with Crippen LogP contribution in [0.15, 0.2) is 76.3 Å². The van der Waals surface area contributed by atoms with Gasteiger partial charge in [-0.3, -0.25) is 4.79 Å². The Kier molecular flexibility index (Phi) is 8.94. The molecule has 0 spiro atoms. The van der Waals surface area contributed by atoms with Gasteiger partial charge in [-0.2, -0.15) is 0 Å². The van der Waals surface area contributed by atoms with E-state index in [1.54, 1.807) is 32.4 Å². The van der Waals surface area contributed by atoms with E-state index >= 15 is 0 Å². The van der Waals surface area contributed by atoms with E-state index < -0.39 is 0 Å². The zero-order valence-corrected chi connectivity index (χ0v) is 19.5. The van der Waals surface area contributed by atoms with E-state index in [0.717, 1.165) is 42.4 Å². The molecule has 174 valence electrons. The first-order chi connectivity index (χ1) is 16.0. The Morgan fingerprint density at radius 1 is 0.939 bits per heavy atom. The molecule has 3 aromatic rings. The van der Waals surface area contributed by atoms with Crippen molar-refractivity contribution < 1.29 is 13.9 Å². The number of guanidine groups is 1. The van der Waals surface area contributed by atoms with E-state index in [0.29, 0.717) is 18.7 Å². The lowest BCUT2D eigenvalue weighted by atomic mass is 10.1. The van der Waals surface area contributed by atoms with Gasteiger partial charge in [0.05, 0.1) is 19.9 Å². The number of furan rings is 1. The van der Waals surface area contributed by atoms with Crippen molar-refractivity contribution in [2.75, 3.05) is 34.3 Å². The summed E-state index contributed by atoms with van der Waals surface area (Å²) >= 11 is 0. The van der Waals surface area contributed by atoms with Gasteiger partial charge in [0.15, 0.2) is 5.96 Å². The maximum absolute atomic E-state index is 12.1. The van der Waals surface area contributed by atoms with Crippen LogP contribution in [0.25, 0.3) is 0 Å². The number of amides is 1. The molecule has 0 bridgehead atoms. The van der Waals surface area contributed by atoms with Crippen molar-refractivity contribution in [1.29, 1.82) is 0 Å². The summed E-state index contributed by atoms with van der Waals surface area (Å²) in [6, 6.07) is 19.5. The molecule has 0 atom stereocenters. The number of nitrogens with zero attached hydrogens (tertiary/aromatic N) is 2. The second-order valence-electron chi connectivity index (χ2n) is 7.84. The Labute approximate surface area is 195 Å². The SMILES string of the molecule is COc1ccc(CCNC(=NCc2ccc(C(=O)N(C)C)cc2)NCCc2ccco2)cc1. The minimum atomic E-state index is -0.00877. The minimum Gasteiger partial charge on any atom is -0.497 e. The van der Waals surface area contributed by atoms with Crippen molar-refractivity contribution >= 4 is 11.9 Å². The van der Waals surface area contributed by atoms with Crippen molar-refractivity contribution in [3.05, 3.63) is 89.4 Å². The van der Waals surface area contributed by atoms with E-state index in [4.69, 9.17) is 14.1 Å². The minimum absolute atomic E-state index is 0.00877. The van der Waals surface area contributed by atoms with Gasteiger partial charge in [-0.15, -0.1) is 0 Å². The maximum atomic E-state index is 12.1. The third-order valence-corrected chi connectivity index (χ3v) is 5.14. The lowest BCUT2D eigenvalue weighted by molar-refractivity contribution is 0.0827. The summed E-state index contributed by atoms with van der Waals surface area (Å²) in [6.45, 7) is 1.96. The molecule has 0 radical (unpaired) electrons. The van der Waals surface area contributed by atoms with Crippen molar-refractivity contribution in [2.24, 2.45) is 4.99 Å². The molecule has 0 unspecified atom stereocenters. The summed E-state index contributed by atoms with van der Waals surface area (Å²) in [4.78, 5) is 18.4. The first-order valence-electron chi connectivity index (χ1n) is 11.0. The normalized spacial score (nSPS) is 11.2. The number of benzene rings is 2. The maximum Gasteiger partial charge on any atom is 0.253 e. The zero-order chi connectivity index (χ0) is 23.5. The Hall–Kier alpha value is -3.74. The van der Waals surface area contributed by atoms with E-state index in [-0.39, 0.29) is 5.91 Å². The topological polar surface area (TPSA) is 79.1 Å². The predicted octanol–water partition coefficient (Wildman–Crippen LogP) is 3.51. The molecular formula is C26H32N4O3. The number of nitrogens with one attached hydrogen (secondary N) is 2. The predicted molar refractivity (Wildman–Crippen MR) is 131 cm³/mol. The average Bonchev–Trinajstić information content (AvgIpc) is 3.36. The van der Waals surface area contributed by atoms with Crippen molar-refractivity contribution in [1.82, 2.24) is 15.5 Å². The smallest absolute Gasteiger partial charge is 0.253 e. The first-order valence-corrected chi connectivity index (χ1v) is 11.0. The molecule has 0 aliphatic carbocycles. The van der Waals surface area contributed by atoms with E-state index in [2.05, 4.69) is 22.8 Å². The lowest BCUT2D eigenvalue weighted by Gasteiger charge is -2.13. The van der Waals surface area contributed by atoms with Crippen LogP contribution in [0.2, 0.25) is 0 Å². The molecule has 0 saturated heterocycles. The Balaban J connectivity index is 1.58. The third kappa shape index (κ3) is 7.71. The van der Waals surface area contributed by atoms with Crippen LogP contribution in [0.1, 0.15) is 27.2 Å². The molecule has 3 rings (SSSR count). The van der Waals surface area contributed by atoms with Crippen LogP contribution in [0.5, 0.6) is 5.75 Å². The Morgan fingerprint density at radius 2 is 1.61 bits per heavy atom. The number of aliphatic imine (C=N–C) groups is 1. The fourth-order valence-electron chi connectivity index (χ4n) is 3.23. The van der Waals surface area contributed by atoms with E-state index in [1.807, 2.05) is 48.5 Å². The zero-order valence-electron chi connectivity index (χ0n) is 19.5.